The molecule has 0 unspecified atom stereocenters. The number of methoxy groups -OCH3 is 1. The average Bonchev–Trinajstić information content (AvgIpc) is 2.95. The zero-order valence-electron chi connectivity index (χ0n) is 12.3. The van der Waals surface area contributed by atoms with E-state index in [-0.39, 0.29) is 5.56 Å². The number of fused-ring (bicyclic) bond motifs is 1. The van der Waals surface area contributed by atoms with Crippen LogP contribution in [0.15, 0.2) is 42.5 Å². The van der Waals surface area contributed by atoms with Crippen LogP contribution in [-0.4, -0.2) is 18.0 Å². The van der Waals surface area contributed by atoms with Gasteiger partial charge in [-0.25, -0.2) is 4.98 Å². The molecule has 3 rings (SSSR count). The molecule has 1 heterocycles. The van der Waals surface area contributed by atoms with Gasteiger partial charge in [-0.1, -0.05) is 17.4 Å². The Labute approximate surface area is 138 Å². The van der Waals surface area contributed by atoms with Crippen LogP contribution in [0.3, 0.4) is 0 Å². The van der Waals surface area contributed by atoms with Crippen molar-refractivity contribution in [3.05, 3.63) is 53.6 Å². The first-order valence-electron chi connectivity index (χ1n) is 6.80. The normalized spacial score (nSPS) is 11.5. The first kappa shape index (κ1) is 16.3. The number of rotatable bonds is 3. The number of thiazole rings is 1. The number of aromatic nitrogens is 1. The fourth-order valence-electron chi connectivity index (χ4n) is 2.09. The molecule has 8 heteroatoms. The van der Waals surface area contributed by atoms with Crippen molar-refractivity contribution >= 4 is 32.6 Å². The summed E-state index contributed by atoms with van der Waals surface area (Å²) in [5.41, 5.74) is -0.286. The number of amides is 1. The number of alkyl halides is 3. The van der Waals surface area contributed by atoms with Gasteiger partial charge >= 0.3 is 6.18 Å². The Morgan fingerprint density at radius 3 is 2.71 bits per heavy atom. The van der Waals surface area contributed by atoms with Crippen LogP contribution in [0, 0.1) is 0 Å². The van der Waals surface area contributed by atoms with E-state index in [4.69, 9.17) is 4.74 Å². The third-order valence-corrected chi connectivity index (χ3v) is 4.20. The van der Waals surface area contributed by atoms with E-state index in [1.165, 1.54) is 23.5 Å². The van der Waals surface area contributed by atoms with Gasteiger partial charge in [0.2, 0.25) is 0 Å². The van der Waals surface area contributed by atoms with E-state index >= 15 is 0 Å². The highest BCUT2D eigenvalue weighted by Gasteiger charge is 2.30. The Bertz CT molecular complexity index is 906. The van der Waals surface area contributed by atoms with Gasteiger partial charge in [0.15, 0.2) is 5.13 Å². The molecule has 3 aromatic rings. The van der Waals surface area contributed by atoms with Crippen molar-refractivity contribution in [2.45, 2.75) is 6.18 Å². The molecule has 1 amide bonds. The molecule has 1 N–H and O–H groups in total. The molecule has 0 fully saturated rings. The quantitative estimate of drug-likeness (QED) is 0.751. The average molecular weight is 352 g/mol. The Morgan fingerprint density at radius 2 is 2.00 bits per heavy atom. The first-order chi connectivity index (χ1) is 11.4. The van der Waals surface area contributed by atoms with Crippen molar-refractivity contribution in [1.29, 1.82) is 0 Å². The van der Waals surface area contributed by atoms with E-state index in [1.807, 2.05) is 0 Å². The van der Waals surface area contributed by atoms with E-state index < -0.39 is 17.6 Å². The summed E-state index contributed by atoms with van der Waals surface area (Å²) in [6.07, 6.45) is -4.50. The molecule has 0 aliphatic heterocycles. The van der Waals surface area contributed by atoms with Crippen LogP contribution in [0.5, 0.6) is 5.75 Å². The zero-order chi connectivity index (χ0) is 17.3. The number of halogens is 3. The van der Waals surface area contributed by atoms with E-state index in [1.54, 1.807) is 25.3 Å². The van der Waals surface area contributed by atoms with E-state index in [0.29, 0.717) is 16.4 Å². The van der Waals surface area contributed by atoms with Gasteiger partial charge in [0.1, 0.15) is 5.75 Å². The number of carbonyl (C=O) groups is 1. The number of anilines is 1. The lowest BCUT2D eigenvalue weighted by molar-refractivity contribution is -0.137. The second-order valence-electron chi connectivity index (χ2n) is 4.89. The van der Waals surface area contributed by atoms with Crippen molar-refractivity contribution < 1.29 is 22.7 Å². The lowest BCUT2D eigenvalue weighted by atomic mass is 10.1. The lowest BCUT2D eigenvalue weighted by Gasteiger charge is -2.08. The van der Waals surface area contributed by atoms with Gasteiger partial charge < -0.3 is 4.74 Å². The Kier molecular flexibility index (Phi) is 4.15. The summed E-state index contributed by atoms with van der Waals surface area (Å²) in [6, 6.07) is 9.49. The highest BCUT2D eigenvalue weighted by molar-refractivity contribution is 7.22. The molecule has 0 spiro atoms. The molecule has 0 aliphatic rings. The largest absolute Gasteiger partial charge is 0.497 e. The number of hydrogen-bond acceptors (Lipinski definition) is 4. The minimum absolute atomic E-state index is 0.0818. The molecule has 0 aliphatic carbocycles. The summed E-state index contributed by atoms with van der Waals surface area (Å²) in [5, 5.41) is 2.83. The zero-order valence-corrected chi connectivity index (χ0v) is 13.2. The third-order valence-electron chi connectivity index (χ3n) is 3.27. The molecule has 124 valence electrons. The fourth-order valence-corrected chi connectivity index (χ4v) is 2.98. The number of benzene rings is 2. The number of ether oxygens (including phenoxy) is 1. The van der Waals surface area contributed by atoms with E-state index in [2.05, 4.69) is 10.3 Å². The van der Waals surface area contributed by atoms with Crippen molar-refractivity contribution in [3.8, 4) is 5.75 Å². The molecule has 0 radical (unpaired) electrons. The van der Waals surface area contributed by atoms with Gasteiger partial charge in [-0.3, -0.25) is 10.1 Å². The maximum absolute atomic E-state index is 12.7. The SMILES string of the molecule is COc1ccc2nc(NC(=O)c3cccc(C(F)(F)F)c3)sc2c1. The molecule has 0 saturated carbocycles. The molecule has 0 bridgehead atoms. The molecule has 4 nitrogen and oxygen atoms in total. The van der Waals surface area contributed by atoms with Gasteiger partial charge in [-0.2, -0.15) is 13.2 Å². The van der Waals surface area contributed by atoms with Gasteiger partial charge in [-0.05, 0) is 36.4 Å². The van der Waals surface area contributed by atoms with Gasteiger partial charge in [-0.15, -0.1) is 0 Å². The summed E-state index contributed by atoms with van der Waals surface area (Å²) < 4.78 is 44.1. The Morgan fingerprint density at radius 1 is 1.21 bits per heavy atom. The van der Waals surface area contributed by atoms with Crippen LogP contribution >= 0.6 is 11.3 Å². The first-order valence-corrected chi connectivity index (χ1v) is 7.61. The molecule has 24 heavy (non-hydrogen) atoms. The number of nitrogens with zero attached hydrogens (tertiary/aromatic N) is 1. The Hall–Kier alpha value is -2.61. The van der Waals surface area contributed by atoms with Crippen LogP contribution in [0.2, 0.25) is 0 Å². The lowest BCUT2D eigenvalue weighted by Crippen LogP contribution is -2.13. The Balaban J connectivity index is 1.84. The van der Waals surface area contributed by atoms with E-state index in [9.17, 15) is 18.0 Å². The maximum Gasteiger partial charge on any atom is 0.416 e. The summed E-state index contributed by atoms with van der Waals surface area (Å²) in [6.45, 7) is 0. The van der Waals surface area contributed by atoms with Crippen LogP contribution in [0.1, 0.15) is 15.9 Å². The van der Waals surface area contributed by atoms with Crippen LogP contribution in [0.25, 0.3) is 10.2 Å². The maximum atomic E-state index is 12.7. The highest BCUT2D eigenvalue weighted by atomic mass is 32.1. The minimum atomic E-state index is -4.50. The molecule has 0 atom stereocenters. The number of hydrogen-bond donors (Lipinski definition) is 1. The third kappa shape index (κ3) is 3.33. The van der Waals surface area contributed by atoms with Gasteiger partial charge in [0, 0.05) is 5.56 Å². The molecular formula is C16H11F3N2O2S. The van der Waals surface area contributed by atoms with Crippen LogP contribution < -0.4 is 10.1 Å². The minimum Gasteiger partial charge on any atom is -0.497 e. The van der Waals surface area contributed by atoms with Crippen LogP contribution in [-0.2, 0) is 6.18 Å². The smallest absolute Gasteiger partial charge is 0.416 e. The molecule has 2 aromatic carbocycles. The second-order valence-corrected chi connectivity index (χ2v) is 5.92. The van der Waals surface area contributed by atoms with Crippen molar-refractivity contribution in [2.24, 2.45) is 0 Å². The summed E-state index contributed by atoms with van der Waals surface area (Å²) in [7, 11) is 1.54. The number of nitrogens with one attached hydrogen (secondary N) is 1. The fraction of sp³-hybridized carbons (Fsp3) is 0.125. The van der Waals surface area contributed by atoms with E-state index in [0.717, 1.165) is 16.8 Å². The molecule has 1 aromatic heterocycles. The predicted molar refractivity (Wildman–Crippen MR) is 85.6 cm³/mol. The topological polar surface area (TPSA) is 51.2 Å². The summed E-state index contributed by atoms with van der Waals surface area (Å²) in [5.74, 6) is 0.00836. The standard InChI is InChI=1S/C16H11F3N2O2S/c1-23-11-5-6-12-13(8-11)24-15(20-12)21-14(22)9-3-2-4-10(7-9)16(17,18)19/h2-8H,1H3,(H,20,21,22). The van der Waals surface area contributed by atoms with Gasteiger partial charge in [0.05, 0.1) is 22.9 Å². The monoisotopic (exact) mass is 352 g/mol. The number of carbonyl (C=O) groups excluding carboxylic acids is 1. The predicted octanol–water partition coefficient (Wildman–Crippen LogP) is 4.58. The molecular weight excluding hydrogens is 341 g/mol. The van der Waals surface area contributed by atoms with Crippen molar-refractivity contribution in [3.63, 3.8) is 0 Å². The van der Waals surface area contributed by atoms with Crippen molar-refractivity contribution in [2.75, 3.05) is 12.4 Å². The summed E-state index contributed by atoms with van der Waals surface area (Å²) >= 11 is 1.21. The highest BCUT2D eigenvalue weighted by Crippen LogP contribution is 2.31. The second kappa shape index (κ2) is 6.12. The van der Waals surface area contributed by atoms with Crippen molar-refractivity contribution in [1.82, 2.24) is 4.98 Å². The van der Waals surface area contributed by atoms with Crippen LogP contribution in [0.4, 0.5) is 18.3 Å². The molecule has 0 saturated heterocycles. The van der Waals surface area contributed by atoms with Gasteiger partial charge in [0.25, 0.3) is 5.91 Å². The summed E-state index contributed by atoms with van der Waals surface area (Å²) in [4.78, 5) is 16.4.